The molecule has 0 saturated carbocycles. The lowest BCUT2D eigenvalue weighted by atomic mass is 10.1. The van der Waals surface area contributed by atoms with Gasteiger partial charge in [0.05, 0.1) is 23.5 Å². The maximum absolute atomic E-state index is 6.08. The van der Waals surface area contributed by atoms with Gasteiger partial charge in [0.25, 0.3) is 0 Å². The first-order chi connectivity index (χ1) is 8.86. The monoisotopic (exact) mass is 283 g/mol. The summed E-state index contributed by atoms with van der Waals surface area (Å²) in [6, 6.07) is 0.415. The van der Waals surface area contributed by atoms with E-state index in [1.165, 1.54) is 0 Å². The summed E-state index contributed by atoms with van der Waals surface area (Å²) in [7, 11) is 0. The van der Waals surface area contributed by atoms with Gasteiger partial charge in [-0.1, -0.05) is 27.7 Å². The van der Waals surface area contributed by atoms with Gasteiger partial charge in [-0.15, -0.1) is 11.6 Å². The van der Waals surface area contributed by atoms with Gasteiger partial charge >= 0.3 is 0 Å². The van der Waals surface area contributed by atoms with E-state index in [0.717, 1.165) is 23.8 Å². The second kappa shape index (κ2) is 7.09. The van der Waals surface area contributed by atoms with E-state index >= 15 is 0 Å². The Morgan fingerprint density at radius 3 is 2.21 bits per heavy atom. The molecular weight excluding hydrogens is 258 g/mol. The van der Waals surface area contributed by atoms with Gasteiger partial charge < -0.3 is 4.90 Å². The summed E-state index contributed by atoms with van der Waals surface area (Å²) < 4.78 is 0. The van der Waals surface area contributed by atoms with E-state index in [1.807, 2.05) is 6.20 Å². The first kappa shape index (κ1) is 16.2. The average molecular weight is 284 g/mol. The molecular formula is C15H26ClN3. The van der Waals surface area contributed by atoms with E-state index in [-0.39, 0.29) is 0 Å². The van der Waals surface area contributed by atoms with Crippen LogP contribution in [-0.2, 0) is 5.88 Å². The van der Waals surface area contributed by atoms with Crippen LogP contribution in [0.1, 0.15) is 59.0 Å². The summed E-state index contributed by atoms with van der Waals surface area (Å²) >= 11 is 6.08. The highest BCUT2D eigenvalue weighted by Crippen LogP contribution is 2.24. The molecule has 0 spiro atoms. The number of aromatic nitrogens is 2. The third-order valence-corrected chi connectivity index (χ3v) is 3.26. The second-order valence-corrected chi connectivity index (χ2v) is 6.26. The van der Waals surface area contributed by atoms with Crippen molar-refractivity contribution in [2.45, 2.75) is 59.4 Å². The van der Waals surface area contributed by atoms with E-state index in [9.17, 15) is 0 Å². The molecule has 19 heavy (non-hydrogen) atoms. The molecule has 108 valence electrons. The largest absolute Gasteiger partial charge is 0.366 e. The van der Waals surface area contributed by atoms with Crippen LogP contribution in [0.5, 0.6) is 0 Å². The van der Waals surface area contributed by atoms with Crippen LogP contribution in [0.4, 0.5) is 5.69 Å². The smallest absolute Gasteiger partial charge is 0.131 e. The highest BCUT2D eigenvalue weighted by Gasteiger charge is 2.18. The van der Waals surface area contributed by atoms with Gasteiger partial charge in [0, 0.05) is 18.5 Å². The van der Waals surface area contributed by atoms with Gasteiger partial charge in [-0.25, -0.2) is 9.97 Å². The minimum Gasteiger partial charge on any atom is -0.366 e. The number of hydrogen-bond acceptors (Lipinski definition) is 3. The predicted octanol–water partition coefficient (Wildman–Crippen LogP) is 4.21. The second-order valence-electron chi connectivity index (χ2n) is 5.99. The summed E-state index contributed by atoms with van der Waals surface area (Å²) in [5.74, 6) is 2.22. The number of anilines is 1. The van der Waals surface area contributed by atoms with Gasteiger partial charge in [-0.2, -0.15) is 0 Å². The number of rotatable bonds is 6. The van der Waals surface area contributed by atoms with E-state index in [1.54, 1.807) is 0 Å². The van der Waals surface area contributed by atoms with Gasteiger partial charge in [0.1, 0.15) is 5.82 Å². The molecule has 1 heterocycles. The zero-order valence-corrected chi connectivity index (χ0v) is 13.7. The third-order valence-electron chi connectivity index (χ3n) is 3.00. The number of hydrogen-bond donors (Lipinski definition) is 0. The molecule has 0 saturated heterocycles. The topological polar surface area (TPSA) is 29.0 Å². The molecule has 0 atom stereocenters. The lowest BCUT2D eigenvalue weighted by Crippen LogP contribution is -2.35. The van der Waals surface area contributed by atoms with Crippen LogP contribution in [0.3, 0.4) is 0 Å². The van der Waals surface area contributed by atoms with Crippen LogP contribution >= 0.6 is 11.6 Å². The Balaban J connectivity index is 3.15. The van der Waals surface area contributed by atoms with Gasteiger partial charge in [-0.3, -0.25) is 0 Å². The van der Waals surface area contributed by atoms with Crippen molar-refractivity contribution in [1.82, 2.24) is 9.97 Å². The average Bonchev–Trinajstić information content (AvgIpc) is 2.34. The van der Waals surface area contributed by atoms with Crippen LogP contribution in [0.15, 0.2) is 6.20 Å². The lowest BCUT2D eigenvalue weighted by molar-refractivity contribution is 0.567. The van der Waals surface area contributed by atoms with E-state index in [2.05, 4.69) is 56.4 Å². The summed E-state index contributed by atoms with van der Waals surface area (Å²) in [5.41, 5.74) is 2.01. The van der Waals surface area contributed by atoms with Gasteiger partial charge in [0.2, 0.25) is 0 Å². The Bertz CT molecular complexity index is 402. The summed E-state index contributed by atoms with van der Waals surface area (Å²) in [6.45, 7) is 14.0. The maximum atomic E-state index is 6.08. The van der Waals surface area contributed by atoms with Crippen LogP contribution in [0.25, 0.3) is 0 Å². The molecule has 0 aliphatic carbocycles. The molecule has 1 aromatic heterocycles. The van der Waals surface area contributed by atoms with E-state index in [0.29, 0.717) is 23.8 Å². The molecule has 4 heteroatoms. The van der Waals surface area contributed by atoms with Crippen LogP contribution < -0.4 is 4.90 Å². The predicted molar refractivity (Wildman–Crippen MR) is 83.0 cm³/mol. The van der Waals surface area contributed by atoms with Crippen molar-refractivity contribution in [1.29, 1.82) is 0 Å². The molecule has 0 N–H and O–H groups in total. The van der Waals surface area contributed by atoms with E-state index < -0.39 is 0 Å². The Labute approximate surface area is 122 Å². The van der Waals surface area contributed by atoms with Crippen LogP contribution in [-0.4, -0.2) is 22.6 Å². The van der Waals surface area contributed by atoms with Crippen molar-refractivity contribution < 1.29 is 0 Å². The molecule has 0 aliphatic rings. The number of alkyl halides is 1. The highest BCUT2D eigenvalue weighted by atomic mass is 35.5. The molecule has 0 radical (unpaired) electrons. The molecule has 3 nitrogen and oxygen atoms in total. The molecule has 0 aromatic carbocycles. The maximum Gasteiger partial charge on any atom is 0.131 e. The normalized spacial score (nSPS) is 11.7. The van der Waals surface area contributed by atoms with Crippen molar-refractivity contribution in [2.75, 3.05) is 11.4 Å². The summed E-state index contributed by atoms with van der Waals surface area (Å²) in [6.07, 6.45) is 1.93. The van der Waals surface area contributed by atoms with E-state index in [4.69, 9.17) is 11.6 Å². The van der Waals surface area contributed by atoms with Gasteiger partial charge in [0.15, 0.2) is 0 Å². The SMILES string of the molecule is CC(C)CN(c1cnc(C(C)C)nc1CCl)C(C)C. The molecule has 0 amide bonds. The lowest BCUT2D eigenvalue weighted by Gasteiger charge is -2.31. The summed E-state index contributed by atoms with van der Waals surface area (Å²) in [4.78, 5) is 11.4. The fourth-order valence-corrected chi connectivity index (χ4v) is 2.22. The zero-order chi connectivity index (χ0) is 14.6. The van der Waals surface area contributed by atoms with Crippen molar-refractivity contribution in [3.63, 3.8) is 0 Å². The Hall–Kier alpha value is -0.830. The number of halogens is 1. The molecule has 1 aromatic rings. The molecule has 1 rings (SSSR count). The fourth-order valence-electron chi connectivity index (χ4n) is 2.02. The molecule has 0 aliphatic heterocycles. The Morgan fingerprint density at radius 2 is 1.79 bits per heavy atom. The fraction of sp³-hybridized carbons (Fsp3) is 0.733. The first-order valence-electron chi connectivity index (χ1n) is 7.05. The quantitative estimate of drug-likeness (QED) is 0.732. The van der Waals surface area contributed by atoms with Crippen molar-refractivity contribution in [3.8, 4) is 0 Å². The minimum atomic E-state index is 0.327. The third kappa shape index (κ3) is 4.34. The first-order valence-corrected chi connectivity index (χ1v) is 7.58. The molecule has 0 fully saturated rings. The van der Waals surface area contributed by atoms with Crippen molar-refractivity contribution in [3.05, 3.63) is 17.7 Å². The Kier molecular flexibility index (Phi) is 6.05. The van der Waals surface area contributed by atoms with Crippen molar-refractivity contribution in [2.24, 2.45) is 5.92 Å². The summed E-state index contributed by atoms with van der Waals surface area (Å²) in [5, 5.41) is 0. The Morgan fingerprint density at radius 1 is 1.16 bits per heavy atom. The van der Waals surface area contributed by atoms with Crippen LogP contribution in [0.2, 0.25) is 0 Å². The molecule has 0 bridgehead atoms. The van der Waals surface area contributed by atoms with Crippen molar-refractivity contribution >= 4 is 17.3 Å². The molecule has 0 unspecified atom stereocenters. The standard InChI is InChI=1S/C15H26ClN3/c1-10(2)9-19(12(5)6)14-8-17-15(11(3)4)18-13(14)7-16/h8,10-12H,7,9H2,1-6H3. The minimum absolute atomic E-state index is 0.327. The zero-order valence-electron chi connectivity index (χ0n) is 12.9. The highest BCUT2D eigenvalue weighted by molar-refractivity contribution is 6.17. The van der Waals surface area contributed by atoms with Gasteiger partial charge in [-0.05, 0) is 19.8 Å². The number of nitrogens with zero attached hydrogens (tertiary/aromatic N) is 3. The van der Waals surface area contributed by atoms with Crippen LogP contribution in [0, 0.1) is 5.92 Å².